The van der Waals surface area contributed by atoms with Crippen LogP contribution in [0.1, 0.15) is 22.5 Å². The number of rotatable bonds is 7. The van der Waals surface area contributed by atoms with Crippen molar-refractivity contribution < 1.29 is 19.1 Å². The Morgan fingerprint density at radius 3 is 2.53 bits per heavy atom. The predicted molar refractivity (Wildman–Crippen MR) is 130 cm³/mol. The largest absolute Gasteiger partial charge is 0.385 e. The Bertz CT molecular complexity index is 1180. The number of aryl methyl sites for hydroxylation is 1. The van der Waals surface area contributed by atoms with Gasteiger partial charge in [-0.15, -0.1) is 0 Å². The van der Waals surface area contributed by atoms with E-state index in [9.17, 15) is 14.4 Å². The van der Waals surface area contributed by atoms with Crippen molar-refractivity contribution in [1.29, 1.82) is 0 Å². The highest BCUT2D eigenvalue weighted by molar-refractivity contribution is 9.10. The van der Waals surface area contributed by atoms with Crippen LogP contribution in [0.15, 0.2) is 51.4 Å². The predicted octanol–water partition coefficient (Wildman–Crippen LogP) is 3.95. The Hall–Kier alpha value is -2.69. The van der Waals surface area contributed by atoms with Crippen LogP contribution in [-0.2, 0) is 14.3 Å². The minimum absolute atomic E-state index is 0.172. The van der Waals surface area contributed by atoms with Gasteiger partial charge in [0, 0.05) is 34.6 Å². The third-order valence-electron chi connectivity index (χ3n) is 4.60. The van der Waals surface area contributed by atoms with Crippen molar-refractivity contribution in [2.24, 2.45) is 0 Å². The molecule has 1 heterocycles. The molecule has 168 valence electrons. The molecule has 2 aromatic carbocycles. The fraction of sp³-hybridized carbons (Fsp3) is 0.227. The van der Waals surface area contributed by atoms with Gasteiger partial charge in [-0.25, -0.2) is 4.68 Å². The lowest BCUT2D eigenvalue weighted by molar-refractivity contribution is -0.136. The second-order valence-electron chi connectivity index (χ2n) is 7.05. The molecule has 0 saturated carbocycles. The van der Waals surface area contributed by atoms with E-state index in [0.717, 1.165) is 14.5 Å². The van der Waals surface area contributed by atoms with Crippen molar-refractivity contribution in [2.45, 2.75) is 13.3 Å². The molecule has 3 N–H and O–H groups in total. The molecule has 3 aromatic rings. The number of anilines is 1. The minimum atomic E-state index is -0.881. The van der Waals surface area contributed by atoms with Gasteiger partial charge < -0.3 is 15.4 Å². The zero-order chi connectivity index (χ0) is 23.3. The van der Waals surface area contributed by atoms with Gasteiger partial charge in [0.1, 0.15) is 5.69 Å². The van der Waals surface area contributed by atoms with E-state index in [2.05, 4.69) is 47.9 Å². The molecule has 0 fully saturated rings. The van der Waals surface area contributed by atoms with Crippen molar-refractivity contribution in [2.75, 3.05) is 31.0 Å². The third kappa shape index (κ3) is 5.76. The van der Waals surface area contributed by atoms with Gasteiger partial charge in [0.2, 0.25) is 0 Å². The van der Waals surface area contributed by atoms with Gasteiger partial charge in [-0.2, -0.15) is 0 Å². The SMILES string of the molecule is COCCCNC(=O)C(=O)Nn1c(C(=O)Nc2ccc(C)cc2Br)cc2cc(Br)ccc21. The average molecular weight is 566 g/mol. The highest BCUT2D eigenvalue weighted by atomic mass is 79.9. The molecule has 0 saturated heterocycles. The number of aromatic nitrogens is 1. The number of methoxy groups -OCH3 is 1. The zero-order valence-corrected chi connectivity index (χ0v) is 20.7. The van der Waals surface area contributed by atoms with Crippen LogP contribution in [0.5, 0.6) is 0 Å². The molecule has 0 radical (unpaired) electrons. The van der Waals surface area contributed by atoms with Gasteiger partial charge in [0.05, 0.1) is 11.2 Å². The number of nitrogens with zero attached hydrogens (tertiary/aromatic N) is 1. The molecule has 0 spiro atoms. The maximum absolute atomic E-state index is 13.1. The number of ether oxygens (including phenoxy) is 1. The number of carbonyl (C=O) groups excluding carboxylic acids is 3. The summed E-state index contributed by atoms with van der Waals surface area (Å²) < 4.78 is 7.79. The van der Waals surface area contributed by atoms with Crippen molar-refractivity contribution in [3.05, 3.63) is 62.7 Å². The van der Waals surface area contributed by atoms with Crippen molar-refractivity contribution in [3.8, 4) is 0 Å². The maximum Gasteiger partial charge on any atom is 0.328 e. The van der Waals surface area contributed by atoms with E-state index in [-0.39, 0.29) is 5.69 Å². The molecule has 1 aromatic heterocycles. The fourth-order valence-corrected chi connectivity index (χ4v) is 4.00. The van der Waals surface area contributed by atoms with Crippen LogP contribution < -0.4 is 16.1 Å². The molecule has 0 unspecified atom stereocenters. The Kier molecular flexibility index (Phi) is 8.05. The first-order chi connectivity index (χ1) is 15.3. The summed E-state index contributed by atoms with van der Waals surface area (Å²) in [7, 11) is 1.56. The van der Waals surface area contributed by atoms with Crippen LogP contribution in [0.3, 0.4) is 0 Å². The molecule has 8 nitrogen and oxygen atoms in total. The first-order valence-electron chi connectivity index (χ1n) is 9.77. The topological polar surface area (TPSA) is 101 Å². The lowest BCUT2D eigenvalue weighted by Gasteiger charge is -2.13. The fourth-order valence-electron chi connectivity index (χ4n) is 3.03. The minimum Gasteiger partial charge on any atom is -0.385 e. The second-order valence-corrected chi connectivity index (χ2v) is 8.82. The Morgan fingerprint density at radius 1 is 1.03 bits per heavy atom. The molecule has 0 aliphatic carbocycles. The van der Waals surface area contributed by atoms with E-state index >= 15 is 0 Å². The van der Waals surface area contributed by atoms with E-state index in [4.69, 9.17) is 4.74 Å². The summed E-state index contributed by atoms with van der Waals surface area (Å²) in [6.07, 6.45) is 0.578. The van der Waals surface area contributed by atoms with Crippen LogP contribution in [0.2, 0.25) is 0 Å². The number of hydrogen-bond donors (Lipinski definition) is 3. The molecular formula is C22H22Br2N4O4. The van der Waals surface area contributed by atoms with Crippen LogP contribution in [0, 0.1) is 6.92 Å². The Morgan fingerprint density at radius 2 is 1.81 bits per heavy atom. The molecule has 0 aliphatic rings. The average Bonchev–Trinajstić information content (AvgIpc) is 3.10. The summed E-state index contributed by atoms with van der Waals surface area (Å²) in [5.74, 6) is -2.12. The van der Waals surface area contributed by atoms with Gasteiger partial charge in [0.25, 0.3) is 5.91 Å². The van der Waals surface area contributed by atoms with Gasteiger partial charge in [-0.1, -0.05) is 22.0 Å². The number of nitrogens with one attached hydrogen (secondary N) is 3. The van der Waals surface area contributed by atoms with Crippen molar-refractivity contribution in [3.63, 3.8) is 0 Å². The number of carbonyl (C=O) groups is 3. The summed E-state index contributed by atoms with van der Waals surface area (Å²) in [5, 5.41) is 6.08. The van der Waals surface area contributed by atoms with Crippen molar-refractivity contribution in [1.82, 2.24) is 9.99 Å². The lowest BCUT2D eigenvalue weighted by Crippen LogP contribution is -2.40. The summed E-state index contributed by atoms with van der Waals surface area (Å²) in [6, 6.07) is 12.5. The molecule has 0 aliphatic heterocycles. The number of halogens is 2. The quantitative estimate of drug-likeness (QED) is 0.298. The van der Waals surface area contributed by atoms with Crippen LogP contribution in [-0.4, -0.2) is 42.7 Å². The van der Waals surface area contributed by atoms with Crippen LogP contribution in [0.4, 0.5) is 5.69 Å². The molecule has 10 heteroatoms. The molecule has 3 amide bonds. The first kappa shape index (κ1) is 24.0. The van der Waals surface area contributed by atoms with Crippen LogP contribution >= 0.6 is 31.9 Å². The van der Waals surface area contributed by atoms with Gasteiger partial charge in [0.15, 0.2) is 0 Å². The number of amides is 3. The van der Waals surface area contributed by atoms with E-state index in [1.807, 2.05) is 25.1 Å². The number of hydrogen-bond acceptors (Lipinski definition) is 4. The summed E-state index contributed by atoms with van der Waals surface area (Å²) in [5.41, 5.74) is 4.90. The second kappa shape index (κ2) is 10.8. The lowest BCUT2D eigenvalue weighted by atomic mass is 10.2. The van der Waals surface area contributed by atoms with Crippen molar-refractivity contribution >= 4 is 66.2 Å². The number of fused-ring (bicyclic) bond motifs is 1. The van der Waals surface area contributed by atoms with E-state index in [0.29, 0.717) is 36.2 Å². The summed E-state index contributed by atoms with van der Waals surface area (Å²) in [4.78, 5) is 37.8. The Labute approximate surface area is 201 Å². The summed E-state index contributed by atoms with van der Waals surface area (Å²) in [6.45, 7) is 2.72. The van der Waals surface area contributed by atoms with Gasteiger partial charge >= 0.3 is 11.8 Å². The first-order valence-corrected chi connectivity index (χ1v) is 11.4. The third-order valence-corrected chi connectivity index (χ3v) is 5.75. The molecule has 3 rings (SSSR count). The Balaban J connectivity index is 1.87. The highest BCUT2D eigenvalue weighted by Crippen LogP contribution is 2.26. The molecule has 0 atom stereocenters. The smallest absolute Gasteiger partial charge is 0.328 e. The van der Waals surface area contributed by atoms with E-state index in [1.54, 1.807) is 31.4 Å². The van der Waals surface area contributed by atoms with E-state index < -0.39 is 17.7 Å². The summed E-state index contributed by atoms with van der Waals surface area (Å²) >= 11 is 6.86. The molecule has 0 bridgehead atoms. The maximum atomic E-state index is 13.1. The van der Waals surface area contributed by atoms with Gasteiger partial charge in [-0.05, 0) is 71.2 Å². The standard InChI is InChI=1S/C22H22Br2N4O4/c1-13-4-6-17(16(24)10-13)26-20(29)19-12-14-11-15(23)5-7-18(14)28(19)27-22(31)21(30)25-8-3-9-32-2/h4-7,10-12H,3,8-9H2,1-2H3,(H,25,30)(H,26,29)(H,27,31). The molecular weight excluding hydrogens is 544 g/mol. The normalized spacial score (nSPS) is 10.8. The van der Waals surface area contributed by atoms with Crippen LogP contribution in [0.25, 0.3) is 10.9 Å². The van der Waals surface area contributed by atoms with E-state index in [1.165, 1.54) is 4.68 Å². The molecule has 32 heavy (non-hydrogen) atoms. The monoisotopic (exact) mass is 564 g/mol. The van der Waals surface area contributed by atoms with Gasteiger partial charge in [-0.3, -0.25) is 19.8 Å². The number of benzene rings is 2. The zero-order valence-electron chi connectivity index (χ0n) is 17.5. The highest BCUT2D eigenvalue weighted by Gasteiger charge is 2.21.